The first-order valence-electron chi connectivity index (χ1n) is 7.49. The molecule has 0 aromatic carbocycles. The van der Waals surface area contributed by atoms with E-state index in [4.69, 9.17) is 0 Å². The van der Waals surface area contributed by atoms with E-state index in [1.807, 2.05) is 20.8 Å². The lowest BCUT2D eigenvalue weighted by Crippen LogP contribution is -2.40. The number of rotatable bonds is 3. The molecule has 4 heteroatoms. The first-order chi connectivity index (χ1) is 9.28. The first kappa shape index (κ1) is 13.8. The van der Waals surface area contributed by atoms with Gasteiger partial charge in [-0.15, -0.1) is 0 Å². The smallest absolute Gasteiger partial charge is 0.233 e. The quantitative estimate of drug-likeness (QED) is 0.629. The molecule has 0 aromatic heterocycles. The van der Waals surface area contributed by atoms with E-state index < -0.39 is 6.10 Å². The minimum atomic E-state index is -0.632. The Labute approximate surface area is 119 Å². The number of hydrogen-bond donors (Lipinski definition) is 1. The molecule has 2 fully saturated rings. The molecule has 1 saturated heterocycles. The zero-order valence-electron chi connectivity index (χ0n) is 12.4. The highest BCUT2D eigenvalue weighted by molar-refractivity contribution is 6.06. The molecule has 1 heterocycles. The van der Waals surface area contributed by atoms with Crippen LogP contribution in [0, 0.1) is 29.1 Å². The Kier molecular flexibility index (Phi) is 3.05. The summed E-state index contributed by atoms with van der Waals surface area (Å²) in [4.78, 5) is 26.2. The molecule has 4 nitrogen and oxygen atoms in total. The second-order valence-corrected chi connectivity index (χ2v) is 7.71. The lowest BCUT2D eigenvalue weighted by atomic mass is 9.85. The largest absolute Gasteiger partial charge is 0.391 e. The number of aliphatic hydroxyl groups is 1. The predicted octanol–water partition coefficient (Wildman–Crippen LogP) is 1.59. The average Bonchev–Trinajstić information content (AvgIpc) is 2.96. The van der Waals surface area contributed by atoms with Gasteiger partial charge in [0.2, 0.25) is 11.8 Å². The Balaban J connectivity index is 1.71. The molecule has 3 aliphatic rings. The van der Waals surface area contributed by atoms with Crippen LogP contribution in [0.5, 0.6) is 0 Å². The zero-order chi connectivity index (χ0) is 14.7. The molecule has 2 bridgehead atoms. The number of hydrogen-bond acceptors (Lipinski definition) is 3. The first-order valence-corrected chi connectivity index (χ1v) is 7.49. The van der Waals surface area contributed by atoms with E-state index in [1.54, 1.807) is 0 Å². The summed E-state index contributed by atoms with van der Waals surface area (Å²) >= 11 is 0. The molecular formula is C16H23NO3. The normalized spacial score (nSPS) is 36.9. The highest BCUT2D eigenvalue weighted by atomic mass is 16.3. The average molecular weight is 277 g/mol. The number of nitrogens with zero attached hydrogens (tertiary/aromatic N) is 1. The molecule has 2 amide bonds. The van der Waals surface area contributed by atoms with Crippen molar-refractivity contribution in [3.05, 3.63) is 12.2 Å². The molecule has 5 atom stereocenters. The third-order valence-electron chi connectivity index (χ3n) is 4.80. The molecular weight excluding hydrogens is 254 g/mol. The minimum Gasteiger partial charge on any atom is -0.391 e. The van der Waals surface area contributed by atoms with Gasteiger partial charge in [-0.2, -0.15) is 0 Å². The minimum absolute atomic E-state index is 0.0122. The van der Waals surface area contributed by atoms with Crippen LogP contribution >= 0.6 is 0 Å². The van der Waals surface area contributed by atoms with E-state index >= 15 is 0 Å². The van der Waals surface area contributed by atoms with E-state index in [1.165, 1.54) is 4.90 Å². The Morgan fingerprint density at radius 2 is 1.70 bits per heavy atom. The summed E-state index contributed by atoms with van der Waals surface area (Å²) in [6.07, 6.45) is 5.08. The van der Waals surface area contributed by atoms with Gasteiger partial charge in [0.1, 0.15) is 0 Å². The number of allylic oxidation sites excluding steroid dienone is 2. The number of β-amino-alcohol motifs (C(OH)–C–C–N with tert-alkyl or cyclic N) is 1. The third-order valence-corrected chi connectivity index (χ3v) is 4.80. The molecule has 5 unspecified atom stereocenters. The Morgan fingerprint density at radius 1 is 1.20 bits per heavy atom. The molecule has 1 N–H and O–H groups in total. The molecule has 110 valence electrons. The monoisotopic (exact) mass is 277 g/mol. The summed E-state index contributed by atoms with van der Waals surface area (Å²) in [6, 6.07) is 0. The Morgan fingerprint density at radius 3 is 2.15 bits per heavy atom. The van der Waals surface area contributed by atoms with Gasteiger partial charge in [-0.3, -0.25) is 14.5 Å². The predicted molar refractivity (Wildman–Crippen MR) is 74.5 cm³/mol. The molecule has 0 spiro atoms. The number of likely N-dealkylation sites (tertiary alicyclic amines) is 1. The van der Waals surface area contributed by atoms with Crippen LogP contribution in [0.4, 0.5) is 0 Å². The summed E-state index contributed by atoms with van der Waals surface area (Å²) in [5.41, 5.74) is -0.0122. The van der Waals surface area contributed by atoms with Gasteiger partial charge < -0.3 is 5.11 Å². The van der Waals surface area contributed by atoms with Crippen LogP contribution < -0.4 is 0 Å². The fourth-order valence-corrected chi connectivity index (χ4v) is 4.13. The van der Waals surface area contributed by atoms with Gasteiger partial charge in [0.25, 0.3) is 0 Å². The Hall–Kier alpha value is -1.16. The van der Waals surface area contributed by atoms with Gasteiger partial charge in [0.05, 0.1) is 24.5 Å². The van der Waals surface area contributed by atoms with E-state index in [9.17, 15) is 14.7 Å². The number of carbonyl (C=O) groups is 2. The van der Waals surface area contributed by atoms with Crippen LogP contribution in [0.15, 0.2) is 12.2 Å². The molecule has 20 heavy (non-hydrogen) atoms. The molecule has 0 radical (unpaired) electrons. The van der Waals surface area contributed by atoms with Crippen LogP contribution in [0.1, 0.15) is 33.6 Å². The second-order valence-electron chi connectivity index (χ2n) is 7.71. The van der Waals surface area contributed by atoms with Crippen molar-refractivity contribution in [2.24, 2.45) is 29.1 Å². The second kappa shape index (κ2) is 4.42. The fraction of sp³-hybridized carbons (Fsp3) is 0.750. The number of imide groups is 1. The maximum Gasteiger partial charge on any atom is 0.233 e. The zero-order valence-corrected chi connectivity index (χ0v) is 12.4. The van der Waals surface area contributed by atoms with Crippen molar-refractivity contribution < 1.29 is 14.7 Å². The SMILES string of the molecule is CC(C)(C)CC(O)CN1C(=O)C2C3C=CC(C3)C2C1=O. The van der Waals surface area contributed by atoms with Gasteiger partial charge in [-0.05, 0) is 30.1 Å². The van der Waals surface area contributed by atoms with Crippen molar-refractivity contribution >= 4 is 11.8 Å². The molecule has 1 saturated carbocycles. The van der Waals surface area contributed by atoms with Gasteiger partial charge in [0.15, 0.2) is 0 Å². The van der Waals surface area contributed by atoms with Crippen LogP contribution in [-0.4, -0.2) is 34.5 Å². The lowest BCUT2D eigenvalue weighted by molar-refractivity contribution is -0.142. The van der Waals surface area contributed by atoms with Gasteiger partial charge in [0, 0.05) is 0 Å². The lowest BCUT2D eigenvalue weighted by Gasteiger charge is -2.26. The van der Waals surface area contributed by atoms with Crippen molar-refractivity contribution in [2.45, 2.75) is 39.7 Å². The summed E-state index contributed by atoms with van der Waals surface area (Å²) in [5, 5.41) is 10.1. The van der Waals surface area contributed by atoms with E-state index in [0.29, 0.717) is 6.42 Å². The molecule has 0 aromatic rings. The van der Waals surface area contributed by atoms with Gasteiger partial charge in [-0.1, -0.05) is 32.9 Å². The van der Waals surface area contributed by atoms with Crippen molar-refractivity contribution in [3.8, 4) is 0 Å². The third kappa shape index (κ3) is 2.10. The van der Waals surface area contributed by atoms with Crippen molar-refractivity contribution in [3.63, 3.8) is 0 Å². The highest BCUT2D eigenvalue weighted by Crippen LogP contribution is 2.52. The van der Waals surface area contributed by atoms with E-state index in [-0.39, 0.29) is 47.4 Å². The number of fused-ring (bicyclic) bond motifs is 5. The topological polar surface area (TPSA) is 57.6 Å². The number of aliphatic hydroxyl groups excluding tert-OH is 1. The summed E-state index contributed by atoms with van der Waals surface area (Å²) in [6.45, 7) is 6.29. The molecule has 2 aliphatic carbocycles. The Bertz CT molecular complexity index is 447. The summed E-state index contributed by atoms with van der Waals surface area (Å²) in [7, 11) is 0. The fourth-order valence-electron chi connectivity index (χ4n) is 4.13. The molecule has 3 rings (SSSR count). The van der Waals surface area contributed by atoms with Crippen molar-refractivity contribution in [2.75, 3.05) is 6.54 Å². The summed E-state index contributed by atoms with van der Waals surface area (Å²) < 4.78 is 0. The van der Waals surface area contributed by atoms with Crippen LogP contribution in [0.3, 0.4) is 0 Å². The standard InChI is InChI=1S/C16H23NO3/c1-16(2,3)7-11(18)8-17-14(19)12-9-4-5-10(6-9)13(12)15(17)20/h4-5,9-13,18H,6-8H2,1-3H3. The van der Waals surface area contributed by atoms with Crippen LogP contribution in [0.2, 0.25) is 0 Å². The highest BCUT2D eigenvalue weighted by Gasteiger charge is 2.59. The summed E-state index contributed by atoms with van der Waals surface area (Å²) in [5.74, 6) is 0.0470. The number of amides is 2. The van der Waals surface area contributed by atoms with E-state index in [0.717, 1.165) is 6.42 Å². The van der Waals surface area contributed by atoms with Crippen molar-refractivity contribution in [1.29, 1.82) is 0 Å². The van der Waals surface area contributed by atoms with Crippen LogP contribution in [0.25, 0.3) is 0 Å². The van der Waals surface area contributed by atoms with Crippen molar-refractivity contribution in [1.82, 2.24) is 4.90 Å². The van der Waals surface area contributed by atoms with E-state index in [2.05, 4.69) is 12.2 Å². The maximum atomic E-state index is 12.4. The maximum absolute atomic E-state index is 12.4. The van der Waals surface area contributed by atoms with Gasteiger partial charge in [-0.25, -0.2) is 0 Å². The molecule has 1 aliphatic heterocycles. The van der Waals surface area contributed by atoms with Crippen LogP contribution in [-0.2, 0) is 9.59 Å². The number of carbonyl (C=O) groups excluding carboxylic acids is 2. The van der Waals surface area contributed by atoms with Gasteiger partial charge >= 0.3 is 0 Å².